The van der Waals surface area contributed by atoms with E-state index in [1.54, 1.807) is 12.1 Å². The van der Waals surface area contributed by atoms with E-state index in [9.17, 15) is 4.39 Å². The van der Waals surface area contributed by atoms with Crippen LogP contribution in [0.5, 0.6) is 0 Å². The summed E-state index contributed by atoms with van der Waals surface area (Å²) in [5.74, 6) is 1.81. The molecule has 2 aromatic rings. The van der Waals surface area contributed by atoms with Crippen LogP contribution in [0.15, 0.2) is 28.8 Å². The van der Waals surface area contributed by atoms with Gasteiger partial charge in [-0.25, -0.2) is 4.39 Å². The highest BCUT2D eigenvalue weighted by atomic mass is 19.1. The number of fused-ring (bicyclic) bond motifs is 3. The Balaban J connectivity index is 1.55. The fourth-order valence-corrected chi connectivity index (χ4v) is 3.73. The van der Waals surface area contributed by atoms with Crippen LogP contribution in [0, 0.1) is 11.7 Å². The number of hydrogen-bond acceptors (Lipinski definition) is 3. The average molecular weight is 288 g/mol. The zero-order chi connectivity index (χ0) is 14.3. The molecule has 0 radical (unpaired) electrons. The van der Waals surface area contributed by atoms with Gasteiger partial charge in [-0.05, 0) is 43.4 Å². The van der Waals surface area contributed by atoms with Gasteiger partial charge in [-0.2, -0.15) is 4.98 Å². The highest BCUT2D eigenvalue weighted by molar-refractivity contribution is 5.52. The molecule has 3 fully saturated rings. The van der Waals surface area contributed by atoms with Crippen LogP contribution >= 0.6 is 0 Å². The highest BCUT2D eigenvalue weighted by Gasteiger charge is 2.40. The maximum atomic E-state index is 13.3. The summed E-state index contributed by atoms with van der Waals surface area (Å²) in [6.45, 7) is 4.53. The fraction of sp³-hybridized carbons (Fsp3) is 0.500. The molecule has 3 aliphatic rings. The smallest absolute Gasteiger partial charge is 0.258 e. The van der Waals surface area contributed by atoms with E-state index < -0.39 is 0 Å². The summed E-state index contributed by atoms with van der Waals surface area (Å²) in [5.41, 5.74) is 0.645. The number of nitrogens with zero attached hydrogens (tertiary/aromatic N) is 3. The van der Waals surface area contributed by atoms with E-state index >= 15 is 0 Å². The molecule has 4 heterocycles. The first kappa shape index (κ1) is 13.0. The normalized spacial score (nSPS) is 28.0. The molecule has 0 saturated carbocycles. The Kier molecular flexibility index (Phi) is 3.03. The van der Waals surface area contributed by atoms with E-state index in [1.165, 1.54) is 51.0 Å². The van der Waals surface area contributed by atoms with E-state index in [0.29, 0.717) is 11.5 Å². The minimum atomic E-state index is -0.285. The first-order valence-electron chi connectivity index (χ1n) is 7.66. The van der Waals surface area contributed by atoms with Crippen molar-refractivity contribution in [2.45, 2.75) is 25.8 Å². The maximum Gasteiger partial charge on any atom is 0.258 e. The van der Waals surface area contributed by atoms with Crippen molar-refractivity contribution in [2.24, 2.45) is 5.92 Å². The molecule has 3 aliphatic heterocycles. The highest BCUT2D eigenvalue weighted by Crippen LogP contribution is 2.34. The molecule has 4 nitrogen and oxygen atoms in total. The molecule has 0 amide bonds. The molecule has 3 saturated heterocycles. The molecule has 0 atom stereocenters. The predicted octanol–water partition coefficient (Wildman–Crippen LogP) is 3.01. The molecule has 0 N–H and O–H groups in total. The first-order valence-corrected chi connectivity index (χ1v) is 7.66. The molecule has 2 bridgehead atoms. The second-order valence-electron chi connectivity index (χ2n) is 6.43. The topological polar surface area (TPSA) is 38.9 Å². The van der Waals surface area contributed by atoms with Crippen molar-refractivity contribution in [3.8, 4) is 11.5 Å². The largest absolute Gasteiger partial charge is 0.334 e. The fourth-order valence-electron chi connectivity index (χ4n) is 3.73. The molecule has 110 valence electrons. The summed E-state index contributed by atoms with van der Waals surface area (Å²) in [5, 5.41) is 4.10. The lowest BCUT2D eigenvalue weighted by molar-refractivity contribution is -0.955. The molecule has 0 spiro atoms. The lowest BCUT2D eigenvalue weighted by Crippen LogP contribution is -2.57. The summed E-state index contributed by atoms with van der Waals surface area (Å²) >= 11 is 0. The van der Waals surface area contributed by atoms with Crippen LogP contribution < -0.4 is 0 Å². The molecule has 1 aromatic carbocycles. The molecular formula is C16H19FN3O+. The van der Waals surface area contributed by atoms with E-state index in [1.807, 2.05) is 0 Å². The first-order chi connectivity index (χ1) is 10.2. The van der Waals surface area contributed by atoms with E-state index in [4.69, 9.17) is 4.52 Å². The monoisotopic (exact) mass is 288 g/mol. The van der Waals surface area contributed by atoms with Gasteiger partial charge in [0.05, 0.1) is 19.6 Å². The lowest BCUT2D eigenvalue weighted by atomic mass is 9.86. The number of halogens is 1. The van der Waals surface area contributed by atoms with Crippen molar-refractivity contribution >= 4 is 0 Å². The average Bonchev–Trinajstić information content (AvgIpc) is 2.97. The van der Waals surface area contributed by atoms with E-state index in [0.717, 1.165) is 22.8 Å². The van der Waals surface area contributed by atoms with Crippen molar-refractivity contribution in [1.82, 2.24) is 10.1 Å². The van der Waals surface area contributed by atoms with Crippen LogP contribution in [0.4, 0.5) is 4.39 Å². The number of hydrogen-bond donors (Lipinski definition) is 0. The summed E-state index contributed by atoms with van der Waals surface area (Å²) in [4.78, 5) is 4.47. The Hall–Kier alpha value is -1.75. The van der Waals surface area contributed by atoms with Crippen LogP contribution in [0.25, 0.3) is 11.5 Å². The Morgan fingerprint density at radius 2 is 1.95 bits per heavy atom. The van der Waals surface area contributed by atoms with Crippen LogP contribution in [0.1, 0.15) is 25.1 Å². The van der Waals surface area contributed by atoms with Gasteiger partial charge in [-0.1, -0.05) is 11.2 Å². The summed E-state index contributed by atoms with van der Waals surface area (Å²) in [6.07, 6.45) is 3.98. The molecule has 0 aliphatic carbocycles. The van der Waals surface area contributed by atoms with Gasteiger partial charge < -0.3 is 9.01 Å². The standard InChI is InChI=1S/C16H19FN3O/c17-14-3-1-2-13(10-14)16-18-15(19-21-16)11-20-7-4-12(5-8-20)6-9-20/h1-3,10,12H,4-9,11H2/q+1. The van der Waals surface area contributed by atoms with Crippen LogP contribution in [0.2, 0.25) is 0 Å². The van der Waals surface area contributed by atoms with Crippen molar-refractivity contribution in [3.05, 3.63) is 35.9 Å². The number of benzene rings is 1. The quantitative estimate of drug-likeness (QED) is 0.815. The zero-order valence-corrected chi connectivity index (χ0v) is 12.0. The number of piperidine rings is 3. The van der Waals surface area contributed by atoms with E-state index in [2.05, 4.69) is 10.1 Å². The van der Waals surface area contributed by atoms with Crippen molar-refractivity contribution in [1.29, 1.82) is 0 Å². The third kappa shape index (κ3) is 2.46. The van der Waals surface area contributed by atoms with Gasteiger partial charge in [-0.15, -0.1) is 0 Å². The van der Waals surface area contributed by atoms with Crippen molar-refractivity contribution < 1.29 is 13.4 Å². The zero-order valence-electron chi connectivity index (χ0n) is 12.0. The van der Waals surface area contributed by atoms with Crippen molar-refractivity contribution in [2.75, 3.05) is 19.6 Å². The van der Waals surface area contributed by atoms with Gasteiger partial charge in [0.2, 0.25) is 5.82 Å². The lowest BCUT2D eigenvalue weighted by Gasteiger charge is -2.48. The summed E-state index contributed by atoms with van der Waals surface area (Å²) in [6, 6.07) is 6.29. The van der Waals surface area contributed by atoms with Gasteiger partial charge in [0.1, 0.15) is 12.4 Å². The molecule has 5 heteroatoms. The molecule has 1 aromatic heterocycles. The molecule has 21 heavy (non-hydrogen) atoms. The molecule has 0 unspecified atom stereocenters. The van der Waals surface area contributed by atoms with Crippen LogP contribution in [-0.2, 0) is 6.54 Å². The van der Waals surface area contributed by atoms with Gasteiger partial charge in [0, 0.05) is 5.56 Å². The van der Waals surface area contributed by atoms with Gasteiger partial charge in [-0.3, -0.25) is 0 Å². The second kappa shape index (κ2) is 4.91. The van der Waals surface area contributed by atoms with Crippen molar-refractivity contribution in [3.63, 3.8) is 0 Å². The maximum absolute atomic E-state index is 13.3. The van der Waals surface area contributed by atoms with Crippen LogP contribution in [0.3, 0.4) is 0 Å². The number of aromatic nitrogens is 2. The SMILES string of the molecule is Fc1cccc(-c2nc(C[N+]34CCC(CC3)CC4)no2)c1. The van der Waals surface area contributed by atoms with E-state index in [-0.39, 0.29) is 5.82 Å². The minimum Gasteiger partial charge on any atom is -0.334 e. The Morgan fingerprint density at radius 1 is 1.19 bits per heavy atom. The Morgan fingerprint density at radius 3 is 2.67 bits per heavy atom. The van der Waals surface area contributed by atoms with Gasteiger partial charge in [0.15, 0.2) is 0 Å². The van der Waals surface area contributed by atoms with Crippen LogP contribution in [-0.4, -0.2) is 34.3 Å². The summed E-state index contributed by atoms with van der Waals surface area (Å²) in [7, 11) is 0. The summed E-state index contributed by atoms with van der Waals surface area (Å²) < 4.78 is 19.7. The number of rotatable bonds is 3. The third-order valence-electron chi connectivity index (χ3n) is 5.05. The predicted molar refractivity (Wildman–Crippen MR) is 75.6 cm³/mol. The molecular weight excluding hydrogens is 269 g/mol. The second-order valence-corrected chi connectivity index (χ2v) is 6.43. The third-order valence-corrected chi connectivity index (χ3v) is 5.05. The Bertz CT molecular complexity index is 633. The molecule has 5 rings (SSSR count). The number of quaternary nitrogens is 1. The minimum absolute atomic E-state index is 0.285. The van der Waals surface area contributed by atoms with Gasteiger partial charge in [0.25, 0.3) is 5.89 Å². The Labute approximate surface area is 123 Å². The van der Waals surface area contributed by atoms with Gasteiger partial charge >= 0.3 is 0 Å².